The summed E-state index contributed by atoms with van der Waals surface area (Å²) in [5.41, 5.74) is 0.548. The van der Waals surface area contributed by atoms with Crippen LogP contribution in [-0.2, 0) is 4.79 Å². The van der Waals surface area contributed by atoms with Gasteiger partial charge in [-0.25, -0.2) is 0 Å². The maximum atomic E-state index is 11.7. The largest absolute Gasteiger partial charge is 0.493 e. The summed E-state index contributed by atoms with van der Waals surface area (Å²) in [5, 5.41) is 5.52. The van der Waals surface area contributed by atoms with Crippen molar-refractivity contribution in [1.29, 1.82) is 0 Å². The van der Waals surface area contributed by atoms with Gasteiger partial charge >= 0.3 is 0 Å². The van der Waals surface area contributed by atoms with Gasteiger partial charge in [0, 0.05) is 17.8 Å². The minimum absolute atomic E-state index is 0.126. The quantitative estimate of drug-likeness (QED) is 0.572. The van der Waals surface area contributed by atoms with Crippen LogP contribution in [0, 0.1) is 12.3 Å². The van der Waals surface area contributed by atoms with Gasteiger partial charge in [-0.3, -0.25) is 10.1 Å². The average molecular weight is 278 g/mol. The third-order valence-electron chi connectivity index (χ3n) is 2.46. The molecular weight excluding hydrogens is 260 g/mol. The van der Waals surface area contributed by atoms with Gasteiger partial charge in [-0.2, -0.15) is 0 Å². The number of carbonyl (C=O) groups excluding carboxylic acids is 1. The van der Waals surface area contributed by atoms with E-state index in [9.17, 15) is 4.79 Å². The molecule has 0 atom stereocenters. The van der Waals surface area contributed by atoms with Crippen molar-refractivity contribution < 1.29 is 19.0 Å². The van der Waals surface area contributed by atoms with E-state index >= 15 is 0 Å². The highest BCUT2D eigenvalue weighted by Gasteiger charge is 2.14. The maximum absolute atomic E-state index is 11.7. The zero-order valence-corrected chi connectivity index (χ0v) is 11.8. The molecule has 1 amide bonds. The van der Waals surface area contributed by atoms with Crippen molar-refractivity contribution in [3.8, 4) is 29.6 Å². The Morgan fingerprint density at radius 2 is 1.80 bits per heavy atom. The standard InChI is InChI=1S/C14H18N2O4/c1-5-6-15-9-13(17)16-10-7-11(18-2)14(20-4)12(8-10)19-3/h1,7-8,15H,6,9H2,2-4H3,(H,16,17). The summed E-state index contributed by atoms with van der Waals surface area (Å²) in [6.45, 7) is 0.462. The van der Waals surface area contributed by atoms with Gasteiger partial charge < -0.3 is 19.5 Å². The molecule has 0 radical (unpaired) electrons. The smallest absolute Gasteiger partial charge is 0.238 e. The van der Waals surface area contributed by atoms with Gasteiger partial charge in [-0.05, 0) is 0 Å². The van der Waals surface area contributed by atoms with Gasteiger partial charge in [-0.1, -0.05) is 5.92 Å². The number of rotatable bonds is 7. The van der Waals surface area contributed by atoms with Crippen molar-refractivity contribution in [3.63, 3.8) is 0 Å². The van der Waals surface area contributed by atoms with Crippen molar-refractivity contribution in [2.24, 2.45) is 0 Å². The molecule has 6 nitrogen and oxygen atoms in total. The Hall–Kier alpha value is -2.39. The third-order valence-corrected chi connectivity index (χ3v) is 2.46. The Kier molecular flexibility index (Phi) is 6.20. The van der Waals surface area contributed by atoms with Crippen LogP contribution in [0.5, 0.6) is 17.2 Å². The van der Waals surface area contributed by atoms with Crippen molar-refractivity contribution in [2.75, 3.05) is 39.7 Å². The molecule has 0 bridgehead atoms. The van der Waals surface area contributed by atoms with Crippen LogP contribution in [0.3, 0.4) is 0 Å². The molecule has 6 heteroatoms. The number of methoxy groups -OCH3 is 3. The molecule has 108 valence electrons. The second-order valence-corrected chi connectivity index (χ2v) is 3.77. The highest BCUT2D eigenvalue weighted by Crippen LogP contribution is 2.39. The Morgan fingerprint density at radius 3 is 2.25 bits per heavy atom. The van der Waals surface area contributed by atoms with Gasteiger partial charge in [0.05, 0.1) is 34.4 Å². The molecule has 0 aromatic heterocycles. The first-order valence-corrected chi connectivity index (χ1v) is 5.90. The molecular formula is C14H18N2O4. The molecule has 0 aliphatic heterocycles. The van der Waals surface area contributed by atoms with Crippen LogP contribution in [0.25, 0.3) is 0 Å². The minimum atomic E-state index is -0.213. The first kappa shape index (κ1) is 15.7. The maximum Gasteiger partial charge on any atom is 0.238 e. The van der Waals surface area contributed by atoms with Crippen LogP contribution in [-0.4, -0.2) is 40.3 Å². The van der Waals surface area contributed by atoms with E-state index in [1.165, 1.54) is 21.3 Å². The van der Waals surface area contributed by atoms with E-state index in [0.29, 0.717) is 29.5 Å². The molecule has 0 fully saturated rings. The number of nitrogens with one attached hydrogen (secondary N) is 2. The number of carbonyl (C=O) groups is 1. The lowest BCUT2D eigenvalue weighted by molar-refractivity contribution is -0.115. The summed E-state index contributed by atoms with van der Waals surface area (Å²) in [4.78, 5) is 11.7. The van der Waals surface area contributed by atoms with Crippen LogP contribution in [0.15, 0.2) is 12.1 Å². The number of hydrogen-bond donors (Lipinski definition) is 2. The van der Waals surface area contributed by atoms with Crippen LogP contribution in [0.1, 0.15) is 0 Å². The number of amides is 1. The Labute approximate surface area is 118 Å². The highest BCUT2D eigenvalue weighted by molar-refractivity contribution is 5.93. The molecule has 0 heterocycles. The van der Waals surface area contributed by atoms with Gasteiger partial charge in [0.15, 0.2) is 11.5 Å². The topological polar surface area (TPSA) is 68.8 Å². The number of hydrogen-bond acceptors (Lipinski definition) is 5. The second kappa shape index (κ2) is 7.92. The lowest BCUT2D eigenvalue weighted by atomic mass is 10.2. The van der Waals surface area contributed by atoms with Crippen molar-refractivity contribution in [2.45, 2.75) is 0 Å². The van der Waals surface area contributed by atoms with Crippen molar-refractivity contribution in [1.82, 2.24) is 5.32 Å². The average Bonchev–Trinajstić information content (AvgIpc) is 2.46. The number of terminal acetylenes is 1. The summed E-state index contributed by atoms with van der Waals surface area (Å²) in [5.74, 6) is 3.59. The van der Waals surface area contributed by atoms with E-state index in [2.05, 4.69) is 16.6 Å². The molecule has 0 spiro atoms. The molecule has 0 aliphatic carbocycles. The van der Waals surface area contributed by atoms with Gasteiger partial charge in [0.25, 0.3) is 0 Å². The van der Waals surface area contributed by atoms with Crippen LogP contribution < -0.4 is 24.8 Å². The van der Waals surface area contributed by atoms with Crippen LogP contribution in [0.2, 0.25) is 0 Å². The lowest BCUT2D eigenvalue weighted by Gasteiger charge is -2.14. The van der Waals surface area contributed by atoms with E-state index < -0.39 is 0 Å². The summed E-state index contributed by atoms with van der Waals surface area (Å²) in [6, 6.07) is 3.31. The third kappa shape index (κ3) is 4.07. The summed E-state index contributed by atoms with van der Waals surface area (Å²) < 4.78 is 15.6. The van der Waals surface area contributed by atoms with Gasteiger partial charge in [0.1, 0.15) is 0 Å². The van der Waals surface area contributed by atoms with E-state index in [1.807, 2.05) is 0 Å². The highest BCUT2D eigenvalue weighted by atomic mass is 16.5. The van der Waals surface area contributed by atoms with Gasteiger partial charge in [0.2, 0.25) is 11.7 Å². The fourth-order valence-electron chi connectivity index (χ4n) is 1.61. The summed E-state index contributed by atoms with van der Waals surface area (Å²) >= 11 is 0. The molecule has 0 saturated heterocycles. The molecule has 0 aliphatic rings. The van der Waals surface area contributed by atoms with Crippen LogP contribution in [0.4, 0.5) is 5.69 Å². The van der Waals surface area contributed by atoms with E-state index in [-0.39, 0.29) is 12.5 Å². The molecule has 20 heavy (non-hydrogen) atoms. The number of ether oxygens (including phenoxy) is 3. The Balaban J connectivity index is 2.85. The molecule has 1 aromatic rings. The van der Waals surface area contributed by atoms with E-state index in [1.54, 1.807) is 12.1 Å². The normalized spacial score (nSPS) is 9.50. The molecule has 1 aromatic carbocycles. The van der Waals surface area contributed by atoms with E-state index in [4.69, 9.17) is 20.6 Å². The number of benzene rings is 1. The van der Waals surface area contributed by atoms with Crippen molar-refractivity contribution in [3.05, 3.63) is 12.1 Å². The molecule has 0 unspecified atom stereocenters. The minimum Gasteiger partial charge on any atom is -0.493 e. The molecule has 1 rings (SSSR count). The summed E-state index contributed by atoms with van der Waals surface area (Å²) in [7, 11) is 4.54. The Morgan fingerprint density at radius 1 is 1.20 bits per heavy atom. The SMILES string of the molecule is C#CCNCC(=O)Nc1cc(OC)c(OC)c(OC)c1. The van der Waals surface area contributed by atoms with Crippen LogP contribution >= 0.6 is 0 Å². The van der Waals surface area contributed by atoms with Gasteiger partial charge in [-0.15, -0.1) is 6.42 Å². The summed E-state index contributed by atoms with van der Waals surface area (Å²) in [6.07, 6.45) is 5.08. The number of anilines is 1. The zero-order valence-electron chi connectivity index (χ0n) is 11.8. The van der Waals surface area contributed by atoms with E-state index in [0.717, 1.165) is 0 Å². The monoisotopic (exact) mass is 278 g/mol. The Bertz CT molecular complexity index is 483. The molecule has 2 N–H and O–H groups in total. The fourth-order valence-corrected chi connectivity index (χ4v) is 1.61. The predicted octanol–water partition coefficient (Wildman–Crippen LogP) is 0.874. The predicted molar refractivity (Wildman–Crippen MR) is 76.4 cm³/mol. The second-order valence-electron chi connectivity index (χ2n) is 3.77. The molecule has 0 saturated carbocycles. The first-order chi connectivity index (χ1) is 9.65. The fraction of sp³-hybridized carbons (Fsp3) is 0.357. The zero-order chi connectivity index (χ0) is 15.0. The first-order valence-electron chi connectivity index (χ1n) is 5.90. The van der Waals surface area contributed by atoms with Crippen molar-refractivity contribution >= 4 is 11.6 Å². The lowest BCUT2D eigenvalue weighted by Crippen LogP contribution is -2.28.